The summed E-state index contributed by atoms with van der Waals surface area (Å²) >= 11 is 0. The first kappa shape index (κ1) is 11.3. The smallest absolute Gasteiger partial charge is 0.379 e. The minimum atomic E-state index is -0.933. The van der Waals surface area contributed by atoms with Gasteiger partial charge in [-0.2, -0.15) is 0 Å². The maximum absolute atomic E-state index is 13.1. The van der Waals surface area contributed by atoms with Crippen molar-refractivity contribution in [3.8, 4) is 0 Å². The number of hydrogen-bond acceptors (Lipinski definition) is 3. The highest BCUT2D eigenvalue weighted by molar-refractivity contribution is 6.42. The number of benzene rings is 1. The van der Waals surface area contributed by atoms with Crippen molar-refractivity contribution in [2.75, 3.05) is 6.61 Å². The van der Waals surface area contributed by atoms with Crippen molar-refractivity contribution < 1.29 is 18.7 Å². The summed E-state index contributed by atoms with van der Waals surface area (Å²) in [4.78, 5) is 25.8. The van der Waals surface area contributed by atoms with Gasteiger partial charge >= 0.3 is 5.97 Å². The van der Waals surface area contributed by atoms with E-state index in [0.29, 0.717) is 10.9 Å². The zero-order valence-electron chi connectivity index (χ0n) is 9.12. The van der Waals surface area contributed by atoms with Crippen molar-refractivity contribution in [1.82, 2.24) is 4.98 Å². The lowest BCUT2D eigenvalue weighted by Crippen LogP contribution is -2.17. The van der Waals surface area contributed by atoms with Crippen molar-refractivity contribution in [1.29, 1.82) is 0 Å². The minimum absolute atomic E-state index is 0.123. The minimum Gasteiger partial charge on any atom is -0.460 e. The molecule has 2 aromatic rings. The molecule has 4 nitrogen and oxygen atoms in total. The zero-order chi connectivity index (χ0) is 12.4. The Morgan fingerprint density at radius 2 is 2.18 bits per heavy atom. The third kappa shape index (κ3) is 2.04. The Balaban J connectivity index is 2.45. The molecule has 0 fully saturated rings. The lowest BCUT2D eigenvalue weighted by Gasteiger charge is -1.99. The number of Topliss-reactive ketones (excluding diaryl/α,β-unsaturated/α-hetero) is 1. The standard InChI is InChI=1S/C12H10FNO3/c1-2-17-12(16)11(15)9-6-14-10-4-3-7(13)5-8(9)10/h3-6,14H,2H2,1H3. The van der Waals surface area contributed by atoms with Crippen molar-refractivity contribution in [2.24, 2.45) is 0 Å². The second-order valence-corrected chi connectivity index (χ2v) is 3.44. The van der Waals surface area contributed by atoms with Gasteiger partial charge in [0.25, 0.3) is 5.78 Å². The first-order valence-electron chi connectivity index (χ1n) is 5.11. The number of carbonyl (C=O) groups excluding carboxylic acids is 2. The van der Waals surface area contributed by atoms with E-state index in [4.69, 9.17) is 0 Å². The van der Waals surface area contributed by atoms with Gasteiger partial charge in [0.05, 0.1) is 12.2 Å². The molecule has 1 aromatic heterocycles. The number of ketones is 1. The van der Waals surface area contributed by atoms with E-state index in [9.17, 15) is 14.0 Å². The molecule has 0 saturated heterocycles. The summed E-state index contributed by atoms with van der Waals surface area (Å²) in [6, 6.07) is 3.99. The van der Waals surface area contributed by atoms with Gasteiger partial charge in [-0.15, -0.1) is 0 Å². The highest BCUT2D eigenvalue weighted by Crippen LogP contribution is 2.20. The molecule has 0 saturated carbocycles. The average Bonchev–Trinajstić information content (AvgIpc) is 2.71. The van der Waals surface area contributed by atoms with Gasteiger partial charge in [0.1, 0.15) is 5.82 Å². The van der Waals surface area contributed by atoms with Crippen LogP contribution in [-0.4, -0.2) is 23.3 Å². The van der Waals surface area contributed by atoms with Crippen LogP contribution in [-0.2, 0) is 9.53 Å². The van der Waals surface area contributed by atoms with E-state index in [1.165, 1.54) is 24.4 Å². The van der Waals surface area contributed by atoms with Crippen LogP contribution >= 0.6 is 0 Å². The Labute approximate surface area is 96.4 Å². The Morgan fingerprint density at radius 3 is 2.88 bits per heavy atom. The summed E-state index contributed by atoms with van der Waals surface area (Å²) in [5.74, 6) is -2.17. The van der Waals surface area contributed by atoms with Crippen molar-refractivity contribution in [2.45, 2.75) is 6.92 Å². The highest BCUT2D eigenvalue weighted by Gasteiger charge is 2.21. The van der Waals surface area contributed by atoms with Crippen molar-refractivity contribution in [3.05, 3.63) is 35.8 Å². The second-order valence-electron chi connectivity index (χ2n) is 3.44. The van der Waals surface area contributed by atoms with Crippen LogP contribution in [0.5, 0.6) is 0 Å². The Bertz CT molecular complexity index is 588. The first-order chi connectivity index (χ1) is 8.13. The van der Waals surface area contributed by atoms with Crippen LogP contribution in [0.2, 0.25) is 0 Å². The molecule has 0 aliphatic carbocycles. The van der Waals surface area contributed by atoms with Gasteiger partial charge in [-0.05, 0) is 25.1 Å². The zero-order valence-corrected chi connectivity index (χ0v) is 9.12. The van der Waals surface area contributed by atoms with Gasteiger partial charge in [-0.25, -0.2) is 9.18 Å². The SMILES string of the molecule is CCOC(=O)C(=O)c1c[nH]c2ccc(F)cc12. The number of ether oxygens (including phenoxy) is 1. The molecule has 0 aliphatic heterocycles. The molecule has 1 aromatic carbocycles. The van der Waals surface area contributed by atoms with Gasteiger partial charge in [0.2, 0.25) is 0 Å². The molecule has 88 valence electrons. The molecule has 0 bridgehead atoms. The number of esters is 1. The molecule has 0 spiro atoms. The molecule has 17 heavy (non-hydrogen) atoms. The largest absolute Gasteiger partial charge is 0.460 e. The summed E-state index contributed by atoms with van der Waals surface area (Å²) in [5, 5.41) is 0.378. The summed E-state index contributed by atoms with van der Waals surface area (Å²) < 4.78 is 17.7. The Kier molecular flexibility index (Phi) is 2.91. The van der Waals surface area contributed by atoms with Crippen LogP contribution in [0, 0.1) is 5.82 Å². The maximum atomic E-state index is 13.1. The molecular formula is C12H10FNO3. The van der Waals surface area contributed by atoms with Gasteiger partial charge < -0.3 is 9.72 Å². The van der Waals surface area contributed by atoms with Crippen molar-refractivity contribution >= 4 is 22.7 Å². The van der Waals surface area contributed by atoms with E-state index < -0.39 is 17.6 Å². The lowest BCUT2D eigenvalue weighted by molar-refractivity contribution is -0.137. The van der Waals surface area contributed by atoms with Crippen LogP contribution in [0.1, 0.15) is 17.3 Å². The molecule has 2 rings (SSSR count). The number of fused-ring (bicyclic) bond motifs is 1. The van der Waals surface area contributed by atoms with Crippen LogP contribution in [0.3, 0.4) is 0 Å². The van der Waals surface area contributed by atoms with E-state index in [1.54, 1.807) is 6.92 Å². The summed E-state index contributed by atoms with van der Waals surface area (Å²) in [7, 11) is 0. The number of rotatable bonds is 3. The Hall–Kier alpha value is -2.17. The fourth-order valence-electron chi connectivity index (χ4n) is 1.59. The normalized spacial score (nSPS) is 10.5. The molecule has 5 heteroatoms. The van der Waals surface area contributed by atoms with E-state index in [0.717, 1.165) is 0 Å². The van der Waals surface area contributed by atoms with Crippen LogP contribution in [0.25, 0.3) is 10.9 Å². The molecule has 0 aliphatic rings. The Morgan fingerprint density at radius 1 is 1.41 bits per heavy atom. The number of H-pyrrole nitrogens is 1. The molecule has 0 amide bonds. The fraction of sp³-hybridized carbons (Fsp3) is 0.167. The van der Waals surface area contributed by atoms with E-state index in [1.807, 2.05) is 0 Å². The van der Waals surface area contributed by atoms with E-state index in [-0.39, 0.29) is 12.2 Å². The first-order valence-corrected chi connectivity index (χ1v) is 5.11. The monoisotopic (exact) mass is 235 g/mol. The predicted octanol–water partition coefficient (Wildman–Crippen LogP) is 2.05. The molecule has 0 atom stereocenters. The summed E-state index contributed by atoms with van der Waals surface area (Å²) in [6.07, 6.45) is 1.38. The topological polar surface area (TPSA) is 59.2 Å². The average molecular weight is 235 g/mol. The summed E-state index contributed by atoms with van der Waals surface area (Å²) in [6.45, 7) is 1.74. The third-order valence-corrected chi connectivity index (χ3v) is 2.35. The number of carbonyl (C=O) groups is 2. The molecular weight excluding hydrogens is 225 g/mol. The number of aromatic nitrogens is 1. The van der Waals surface area contributed by atoms with E-state index in [2.05, 4.69) is 9.72 Å². The lowest BCUT2D eigenvalue weighted by atomic mass is 10.1. The molecule has 1 N–H and O–H groups in total. The van der Waals surface area contributed by atoms with Crippen LogP contribution in [0.4, 0.5) is 4.39 Å². The molecule has 0 unspecified atom stereocenters. The molecule has 0 radical (unpaired) electrons. The van der Waals surface area contributed by atoms with Gasteiger partial charge in [0, 0.05) is 17.1 Å². The number of aromatic amines is 1. The summed E-state index contributed by atoms with van der Waals surface area (Å²) in [5.41, 5.74) is 0.719. The van der Waals surface area contributed by atoms with Crippen molar-refractivity contribution in [3.63, 3.8) is 0 Å². The number of nitrogens with one attached hydrogen (secondary N) is 1. The van der Waals surface area contributed by atoms with Gasteiger partial charge in [-0.3, -0.25) is 4.79 Å². The van der Waals surface area contributed by atoms with E-state index >= 15 is 0 Å². The quantitative estimate of drug-likeness (QED) is 0.503. The fourth-order valence-corrected chi connectivity index (χ4v) is 1.59. The third-order valence-electron chi connectivity index (χ3n) is 2.35. The maximum Gasteiger partial charge on any atom is 0.379 e. The predicted molar refractivity (Wildman–Crippen MR) is 59.2 cm³/mol. The van der Waals surface area contributed by atoms with Gasteiger partial charge in [0.15, 0.2) is 0 Å². The molecule has 1 heterocycles. The number of hydrogen-bond donors (Lipinski definition) is 1. The number of halogens is 1. The van der Waals surface area contributed by atoms with Crippen LogP contribution < -0.4 is 0 Å². The van der Waals surface area contributed by atoms with Crippen LogP contribution in [0.15, 0.2) is 24.4 Å². The second kappa shape index (κ2) is 4.37. The highest BCUT2D eigenvalue weighted by atomic mass is 19.1. The van der Waals surface area contributed by atoms with Gasteiger partial charge in [-0.1, -0.05) is 0 Å².